The van der Waals surface area contributed by atoms with E-state index in [9.17, 15) is 14.9 Å². The predicted molar refractivity (Wildman–Crippen MR) is 86.6 cm³/mol. The molecular formula is C17H19NO5. The lowest BCUT2D eigenvalue weighted by Crippen LogP contribution is -2.04. The van der Waals surface area contributed by atoms with E-state index in [0.29, 0.717) is 0 Å². The number of hydrogen-bond donors (Lipinski definition) is 0. The maximum atomic E-state index is 11.5. The van der Waals surface area contributed by atoms with Crippen molar-refractivity contribution in [2.24, 2.45) is 0 Å². The molecule has 0 unspecified atom stereocenters. The minimum absolute atomic E-state index is 0.0340. The van der Waals surface area contributed by atoms with Crippen molar-refractivity contribution in [3.8, 4) is 5.75 Å². The zero-order valence-corrected chi connectivity index (χ0v) is 13.3. The van der Waals surface area contributed by atoms with E-state index < -0.39 is 10.9 Å². The smallest absolute Gasteiger partial charge is 0.337 e. The second kappa shape index (κ2) is 9.19. The molecule has 0 spiro atoms. The largest absolute Gasteiger partial charge is 0.482 e. The van der Waals surface area contributed by atoms with Gasteiger partial charge in [0, 0.05) is 12.1 Å². The molecule has 2 aromatic rings. The second-order valence-corrected chi connectivity index (χ2v) is 4.21. The number of nitrogens with zero attached hydrogens (tertiary/aromatic N) is 1. The first-order valence-electron chi connectivity index (χ1n) is 7.15. The highest BCUT2D eigenvalue weighted by Gasteiger charge is 2.18. The summed E-state index contributed by atoms with van der Waals surface area (Å²) < 4.78 is 10.1. The fourth-order valence-electron chi connectivity index (χ4n) is 1.76. The summed E-state index contributed by atoms with van der Waals surface area (Å²) in [7, 11) is 1.24. The zero-order valence-electron chi connectivity index (χ0n) is 13.3. The van der Waals surface area contributed by atoms with Crippen LogP contribution in [0.2, 0.25) is 0 Å². The van der Waals surface area contributed by atoms with Gasteiger partial charge < -0.3 is 9.47 Å². The molecular weight excluding hydrogens is 298 g/mol. The van der Waals surface area contributed by atoms with E-state index in [2.05, 4.69) is 4.74 Å². The number of rotatable bonds is 5. The third-order valence-corrected chi connectivity index (χ3v) is 2.81. The summed E-state index contributed by atoms with van der Waals surface area (Å²) in [5.74, 6) is -0.541. The molecule has 0 atom stereocenters. The Morgan fingerprint density at radius 3 is 2.35 bits per heavy atom. The highest BCUT2D eigenvalue weighted by Crippen LogP contribution is 2.29. The molecule has 0 radical (unpaired) electrons. The SMILES string of the molecule is CC.COC(=O)c1ccc([N+](=O)[O-])c(OCc2ccccc2)c1. The quantitative estimate of drug-likeness (QED) is 0.473. The first-order chi connectivity index (χ1) is 11.1. The molecule has 23 heavy (non-hydrogen) atoms. The summed E-state index contributed by atoms with van der Waals surface area (Å²) in [6.45, 7) is 4.17. The number of nitro groups is 1. The zero-order chi connectivity index (χ0) is 17.2. The minimum Gasteiger partial charge on any atom is -0.482 e. The fraction of sp³-hybridized carbons (Fsp3) is 0.235. The van der Waals surface area contributed by atoms with Gasteiger partial charge in [-0.1, -0.05) is 44.2 Å². The minimum atomic E-state index is -0.575. The maximum Gasteiger partial charge on any atom is 0.337 e. The molecule has 122 valence electrons. The molecule has 0 aliphatic carbocycles. The Morgan fingerprint density at radius 1 is 1.13 bits per heavy atom. The molecule has 0 fully saturated rings. The lowest BCUT2D eigenvalue weighted by Gasteiger charge is -2.08. The Balaban J connectivity index is 0.00000127. The van der Waals surface area contributed by atoms with E-state index in [4.69, 9.17) is 4.74 Å². The number of ether oxygens (including phenoxy) is 2. The topological polar surface area (TPSA) is 78.7 Å². The molecule has 0 N–H and O–H groups in total. The van der Waals surface area contributed by atoms with Crippen LogP contribution in [0, 0.1) is 10.1 Å². The Kier molecular flexibility index (Phi) is 7.26. The van der Waals surface area contributed by atoms with E-state index in [-0.39, 0.29) is 23.6 Å². The van der Waals surface area contributed by atoms with Gasteiger partial charge in [-0.15, -0.1) is 0 Å². The van der Waals surface area contributed by atoms with Crippen molar-refractivity contribution in [1.29, 1.82) is 0 Å². The van der Waals surface area contributed by atoms with Gasteiger partial charge in [0.1, 0.15) is 6.61 Å². The lowest BCUT2D eigenvalue weighted by atomic mass is 10.2. The van der Waals surface area contributed by atoms with Gasteiger partial charge in [0.05, 0.1) is 17.6 Å². The number of nitro benzene ring substituents is 1. The van der Waals surface area contributed by atoms with Crippen LogP contribution in [-0.2, 0) is 11.3 Å². The second-order valence-electron chi connectivity index (χ2n) is 4.21. The van der Waals surface area contributed by atoms with Crippen molar-refractivity contribution in [2.75, 3.05) is 7.11 Å². The van der Waals surface area contributed by atoms with E-state index >= 15 is 0 Å². The van der Waals surface area contributed by atoms with Crippen LogP contribution in [0.5, 0.6) is 5.75 Å². The lowest BCUT2D eigenvalue weighted by molar-refractivity contribution is -0.385. The van der Waals surface area contributed by atoms with Crippen LogP contribution in [0.3, 0.4) is 0 Å². The number of hydrogen-bond acceptors (Lipinski definition) is 5. The van der Waals surface area contributed by atoms with Crippen LogP contribution < -0.4 is 4.74 Å². The first-order valence-corrected chi connectivity index (χ1v) is 7.15. The Bertz CT molecular complexity index is 655. The van der Waals surface area contributed by atoms with Gasteiger partial charge in [0.25, 0.3) is 0 Å². The van der Waals surface area contributed by atoms with Crippen LogP contribution in [-0.4, -0.2) is 18.0 Å². The van der Waals surface area contributed by atoms with Crippen molar-refractivity contribution < 1.29 is 19.2 Å². The summed E-state index contributed by atoms with van der Waals surface area (Å²) >= 11 is 0. The molecule has 6 heteroatoms. The summed E-state index contributed by atoms with van der Waals surface area (Å²) in [5, 5.41) is 11.0. The Hall–Kier alpha value is -2.89. The molecule has 0 aliphatic heterocycles. The highest BCUT2D eigenvalue weighted by atomic mass is 16.6. The summed E-state index contributed by atoms with van der Waals surface area (Å²) in [6, 6.07) is 13.1. The average Bonchev–Trinajstić information content (AvgIpc) is 2.61. The molecule has 0 bridgehead atoms. The molecule has 2 rings (SSSR count). The maximum absolute atomic E-state index is 11.5. The fourth-order valence-corrected chi connectivity index (χ4v) is 1.76. The van der Waals surface area contributed by atoms with Crippen molar-refractivity contribution in [2.45, 2.75) is 20.5 Å². The molecule has 0 aliphatic rings. The third-order valence-electron chi connectivity index (χ3n) is 2.81. The van der Waals surface area contributed by atoms with Gasteiger partial charge in [0.15, 0.2) is 5.75 Å². The van der Waals surface area contributed by atoms with Crippen LogP contribution in [0.25, 0.3) is 0 Å². The molecule has 0 aromatic heterocycles. The van der Waals surface area contributed by atoms with Gasteiger partial charge in [-0.05, 0) is 11.6 Å². The van der Waals surface area contributed by atoms with E-state index in [1.165, 1.54) is 25.3 Å². The van der Waals surface area contributed by atoms with E-state index in [1.807, 2.05) is 44.2 Å². The number of esters is 1. The summed E-state index contributed by atoms with van der Waals surface area (Å²) in [4.78, 5) is 21.9. The van der Waals surface area contributed by atoms with Gasteiger partial charge in [-0.2, -0.15) is 0 Å². The van der Waals surface area contributed by atoms with Gasteiger partial charge in [-0.3, -0.25) is 10.1 Å². The monoisotopic (exact) mass is 317 g/mol. The number of methoxy groups -OCH3 is 1. The van der Waals surface area contributed by atoms with Crippen LogP contribution in [0.1, 0.15) is 29.8 Å². The van der Waals surface area contributed by atoms with Crippen LogP contribution >= 0.6 is 0 Å². The summed E-state index contributed by atoms with van der Waals surface area (Å²) in [6.07, 6.45) is 0. The highest BCUT2D eigenvalue weighted by molar-refractivity contribution is 5.90. The van der Waals surface area contributed by atoms with Gasteiger partial charge in [0.2, 0.25) is 0 Å². The van der Waals surface area contributed by atoms with Crippen LogP contribution in [0.15, 0.2) is 48.5 Å². The number of carbonyl (C=O) groups excluding carboxylic acids is 1. The number of benzene rings is 2. The van der Waals surface area contributed by atoms with Crippen molar-refractivity contribution in [1.82, 2.24) is 0 Å². The first kappa shape index (κ1) is 18.2. The molecule has 0 heterocycles. The van der Waals surface area contributed by atoms with Gasteiger partial charge >= 0.3 is 11.7 Å². The van der Waals surface area contributed by atoms with Gasteiger partial charge in [-0.25, -0.2) is 4.79 Å². The molecule has 0 amide bonds. The number of carbonyl (C=O) groups is 1. The molecule has 6 nitrogen and oxygen atoms in total. The Labute approximate surface area is 134 Å². The molecule has 2 aromatic carbocycles. The standard InChI is InChI=1S/C15H13NO5.C2H6/c1-20-15(17)12-7-8-13(16(18)19)14(9-12)21-10-11-5-3-2-4-6-11;1-2/h2-9H,10H2,1H3;1-2H3. The van der Waals surface area contributed by atoms with Crippen molar-refractivity contribution >= 4 is 11.7 Å². The van der Waals surface area contributed by atoms with Crippen molar-refractivity contribution in [3.63, 3.8) is 0 Å². The van der Waals surface area contributed by atoms with Crippen molar-refractivity contribution in [3.05, 3.63) is 69.8 Å². The predicted octanol–water partition coefficient (Wildman–Crippen LogP) is 3.99. The third kappa shape index (κ3) is 5.10. The molecule has 0 saturated carbocycles. The van der Waals surface area contributed by atoms with Crippen LogP contribution in [0.4, 0.5) is 5.69 Å². The van der Waals surface area contributed by atoms with E-state index in [1.54, 1.807) is 0 Å². The normalized spacial score (nSPS) is 9.35. The molecule has 0 saturated heterocycles. The Morgan fingerprint density at radius 2 is 1.78 bits per heavy atom. The summed E-state index contributed by atoms with van der Waals surface area (Å²) in [5.41, 5.74) is 0.875. The average molecular weight is 317 g/mol. The van der Waals surface area contributed by atoms with E-state index in [0.717, 1.165) is 5.56 Å².